The van der Waals surface area contributed by atoms with E-state index in [0.717, 1.165) is 0 Å². The molecule has 1 aromatic carbocycles. The van der Waals surface area contributed by atoms with Crippen LogP contribution in [0.15, 0.2) is 41.1 Å². The summed E-state index contributed by atoms with van der Waals surface area (Å²) in [6.45, 7) is 1.94. The molecule has 0 unspecified atom stereocenters. The summed E-state index contributed by atoms with van der Waals surface area (Å²) in [6, 6.07) is 7.93. The van der Waals surface area contributed by atoms with E-state index in [1.54, 1.807) is 24.3 Å². The van der Waals surface area contributed by atoms with Gasteiger partial charge in [0, 0.05) is 17.2 Å². The minimum atomic E-state index is -1.13. The zero-order valence-corrected chi connectivity index (χ0v) is 12.4. The second-order valence-corrected chi connectivity index (χ2v) is 4.97. The Kier molecular flexibility index (Phi) is 3.92. The first-order valence-electron chi connectivity index (χ1n) is 7.09. The molecular formula is C16H14FN3O3. The third-order valence-electron chi connectivity index (χ3n) is 3.57. The van der Waals surface area contributed by atoms with E-state index >= 15 is 0 Å². The van der Waals surface area contributed by atoms with E-state index in [1.165, 1.54) is 17.0 Å². The highest BCUT2D eigenvalue weighted by Crippen LogP contribution is 2.27. The first-order chi connectivity index (χ1) is 11.1. The van der Waals surface area contributed by atoms with Gasteiger partial charge in [0.1, 0.15) is 17.8 Å². The zero-order chi connectivity index (χ0) is 16.4. The number of carbonyl (C=O) groups is 1. The van der Waals surface area contributed by atoms with Crippen LogP contribution in [0.3, 0.4) is 0 Å². The minimum absolute atomic E-state index is 0.0539. The van der Waals surface area contributed by atoms with Gasteiger partial charge in [-0.3, -0.25) is 4.68 Å². The van der Waals surface area contributed by atoms with Crippen molar-refractivity contribution in [2.45, 2.75) is 19.9 Å². The van der Waals surface area contributed by atoms with Crippen molar-refractivity contribution < 1.29 is 18.8 Å². The van der Waals surface area contributed by atoms with Gasteiger partial charge in [0.15, 0.2) is 5.69 Å². The summed E-state index contributed by atoms with van der Waals surface area (Å²) < 4.78 is 20.2. The molecule has 3 rings (SSSR count). The number of hydrogen-bond donors (Lipinski definition) is 1. The number of carboxylic acids is 1. The predicted octanol–water partition coefficient (Wildman–Crippen LogP) is 2.99. The lowest BCUT2D eigenvalue weighted by atomic mass is 10.1. The summed E-state index contributed by atoms with van der Waals surface area (Å²) in [4.78, 5) is 11.4. The van der Waals surface area contributed by atoms with Gasteiger partial charge < -0.3 is 9.63 Å². The quantitative estimate of drug-likeness (QED) is 0.783. The van der Waals surface area contributed by atoms with Crippen LogP contribution in [0.1, 0.15) is 28.5 Å². The van der Waals surface area contributed by atoms with Crippen molar-refractivity contribution in [1.29, 1.82) is 0 Å². The maximum Gasteiger partial charge on any atom is 0.356 e. The Morgan fingerprint density at radius 2 is 2.13 bits per heavy atom. The van der Waals surface area contributed by atoms with Crippen LogP contribution < -0.4 is 0 Å². The molecule has 3 aromatic rings. The average molecular weight is 315 g/mol. The van der Waals surface area contributed by atoms with E-state index < -0.39 is 5.97 Å². The normalized spacial score (nSPS) is 10.9. The van der Waals surface area contributed by atoms with Crippen LogP contribution in [0, 0.1) is 5.82 Å². The highest BCUT2D eigenvalue weighted by Gasteiger charge is 2.24. The molecule has 0 aliphatic heterocycles. The van der Waals surface area contributed by atoms with E-state index in [1.807, 2.05) is 6.92 Å². The fourth-order valence-corrected chi connectivity index (χ4v) is 2.53. The summed E-state index contributed by atoms with van der Waals surface area (Å²) in [5, 5.41) is 17.4. The van der Waals surface area contributed by atoms with E-state index in [0.29, 0.717) is 28.9 Å². The Morgan fingerprint density at radius 1 is 1.35 bits per heavy atom. The van der Waals surface area contributed by atoms with Crippen LogP contribution in [0.2, 0.25) is 0 Å². The number of halogens is 1. The molecule has 118 valence electrons. The molecule has 0 saturated carbocycles. The van der Waals surface area contributed by atoms with Gasteiger partial charge >= 0.3 is 5.97 Å². The number of hydrogen-bond acceptors (Lipinski definition) is 4. The summed E-state index contributed by atoms with van der Waals surface area (Å²) >= 11 is 0. The van der Waals surface area contributed by atoms with E-state index in [2.05, 4.69) is 10.3 Å². The number of carboxylic acid groups (broad SMARTS) is 1. The Bertz CT molecular complexity index is 840. The van der Waals surface area contributed by atoms with Crippen LogP contribution in [0.5, 0.6) is 0 Å². The Balaban J connectivity index is 2.16. The molecule has 0 radical (unpaired) electrons. The molecule has 23 heavy (non-hydrogen) atoms. The predicted molar refractivity (Wildman–Crippen MR) is 79.6 cm³/mol. The second-order valence-electron chi connectivity index (χ2n) is 4.97. The van der Waals surface area contributed by atoms with Crippen molar-refractivity contribution in [3.8, 4) is 11.4 Å². The summed E-state index contributed by atoms with van der Waals surface area (Å²) in [7, 11) is 0. The number of aromatic carboxylic acids is 1. The molecule has 1 N–H and O–H groups in total. The highest BCUT2D eigenvalue weighted by molar-refractivity contribution is 5.89. The fraction of sp³-hybridized carbons (Fsp3) is 0.188. The maximum atomic E-state index is 13.9. The van der Waals surface area contributed by atoms with Gasteiger partial charge in [-0.2, -0.15) is 5.10 Å². The van der Waals surface area contributed by atoms with E-state index in [4.69, 9.17) is 4.52 Å². The standard InChI is InChI=1S/C16H14FN3O3/c1-2-11-14(16(21)22)18-20(15(11)13-7-8-23-19-13)9-10-5-3-4-6-12(10)17/h3-8H,2,9H2,1H3,(H,21,22). The maximum absolute atomic E-state index is 13.9. The van der Waals surface area contributed by atoms with Gasteiger partial charge in [0.2, 0.25) is 0 Å². The Morgan fingerprint density at radius 3 is 2.74 bits per heavy atom. The molecule has 0 amide bonds. The molecule has 2 aromatic heterocycles. The minimum Gasteiger partial charge on any atom is -0.476 e. The first kappa shape index (κ1) is 15.0. The molecule has 6 nitrogen and oxygen atoms in total. The van der Waals surface area contributed by atoms with E-state index in [9.17, 15) is 14.3 Å². The third-order valence-corrected chi connectivity index (χ3v) is 3.57. The Labute approximate surface area is 131 Å². The van der Waals surface area contributed by atoms with Gasteiger partial charge in [0.25, 0.3) is 0 Å². The SMILES string of the molecule is CCc1c(C(=O)O)nn(Cc2ccccc2F)c1-c1ccon1. The lowest BCUT2D eigenvalue weighted by Gasteiger charge is -2.07. The van der Waals surface area contributed by atoms with Crippen LogP contribution in [0.25, 0.3) is 11.4 Å². The van der Waals surface area contributed by atoms with Crippen molar-refractivity contribution in [1.82, 2.24) is 14.9 Å². The number of benzene rings is 1. The fourth-order valence-electron chi connectivity index (χ4n) is 2.53. The van der Waals surface area contributed by atoms with Crippen molar-refractivity contribution in [3.05, 3.63) is 59.2 Å². The summed E-state index contributed by atoms with van der Waals surface area (Å²) in [6.07, 6.45) is 1.86. The van der Waals surface area contributed by atoms with Gasteiger partial charge in [0.05, 0.1) is 12.2 Å². The molecule has 7 heteroatoms. The van der Waals surface area contributed by atoms with E-state index in [-0.39, 0.29) is 18.1 Å². The summed E-state index contributed by atoms with van der Waals surface area (Å²) in [5.74, 6) is -1.50. The lowest BCUT2D eigenvalue weighted by molar-refractivity contribution is 0.0688. The molecular weight excluding hydrogens is 301 g/mol. The number of nitrogens with zero attached hydrogens (tertiary/aromatic N) is 3. The topological polar surface area (TPSA) is 81.1 Å². The van der Waals surface area contributed by atoms with Crippen molar-refractivity contribution in [2.24, 2.45) is 0 Å². The molecule has 0 saturated heterocycles. The molecule has 0 aliphatic rings. The molecule has 0 aliphatic carbocycles. The van der Waals surface area contributed by atoms with Crippen LogP contribution in [0.4, 0.5) is 4.39 Å². The van der Waals surface area contributed by atoms with Crippen LogP contribution in [-0.2, 0) is 13.0 Å². The van der Waals surface area contributed by atoms with Crippen LogP contribution in [-0.4, -0.2) is 26.0 Å². The second kappa shape index (κ2) is 6.04. The molecule has 2 heterocycles. The largest absolute Gasteiger partial charge is 0.476 e. The monoisotopic (exact) mass is 315 g/mol. The van der Waals surface area contributed by atoms with Gasteiger partial charge in [-0.05, 0) is 12.5 Å². The third kappa shape index (κ3) is 2.73. The van der Waals surface area contributed by atoms with Gasteiger partial charge in [-0.25, -0.2) is 9.18 Å². The molecule has 0 spiro atoms. The van der Waals surface area contributed by atoms with Crippen molar-refractivity contribution >= 4 is 5.97 Å². The smallest absolute Gasteiger partial charge is 0.356 e. The first-order valence-corrected chi connectivity index (χ1v) is 7.09. The molecule has 0 bridgehead atoms. The van der Waals surface area contributed by atoms with Gasteiger partial charge in [-0.15, -0.1) is 0 Å². The molecule has 0 atom stereocenters. The van der Waals surface area contributed by atoms with Crippen LogP contribution >= 0.6 is 0 Å². The lowest BCUT2D eigenvalue weighted by Crippen LogP contribution is -2.07. The number of rotatable bonds is 5. The number of aromatic nitrogens is 3. The van der Waals surface area contributed by atoms with Crippen molar-refractivity contribution in [2.75, 3.05) is 0 Å². The van der Waals surface area contributed by atoms with Crippen molar-refractivity contribution in [3.63, 3.8) is 0 Å². The Hall–Kier alpha value is -2.96. The highest BCUT2D eigenvalue weighted by atomic mass is 19.1. The van der Waals surface area contributed by atoms with Gasteiger partial charge in [-0.1, -0.05) is 30.3 Å². The average Bonchev–Trinajstić information content (AvgIpc) is 3.16. The zero-order valence-electron chi connectivity index (χ0n) is 12.4. The molecule has 0 fully saturated rings. The summed E-state index contributed by atoms with van der Waals surface area (Å²) in [5.41, 5.74) is 1.91.